The number of carboxylic acids is 1. The second kappa shape index (κ2) is 8.95. The number of hydrogen-bond donors (Lipinski definition) is 1. The molecule has 0 fully saturated rings. The number of carbonyl (C=O) groups is 1. The van der Waals surface area contributed by atoms with Gasteiger partial charge in [0.15, 0.2) is 0 Å². The zero-order valence-corrected chi connectivity index (χ0v) is 21.6. The van der Waals surface area contributed by atoms with Crippen LogP contribution >= 0.6 is 0 Å². The molecule has 34 heavy (non-hydrogen) atoms. The van der Waals surface area contributed by atoms with Gasteiger partial charge in [0.25, 0.3) is 0 Å². The van der Waals surface area contributed by atoms with Crippen LogP contribution in [0, 0.1) is 19.8 Å². The molecule has 3 atom stereocenters. The number of hydrogen-bond acceptors (Lipinski definition) is 3. The number of carboxylic acid groups (broad SMARTS) is 1. The summed E-state index contributed by atoms with van der Waals surface area (Å²) in [7, 11) is 4.93. The molecule has 0 aliphatic heterocycles. The van der Waals surface area contributed by atoms with E-state index in [0.717, 1.165) is 39.1 Å². The summed E-state index contributed by atoms with van der Waals surface area (Å²) in [4.78, 5) is 12.9. The van der Waals surface area contributed by atoms with Crippen LogP contribution in [-0.2, 0) is 10.2 Å². The molecule has 0 heterocycles. The van der Waals surface area contributed by atoms with Gasteiger partial charge in [0.2, 0.25) is 0 Å². The minimum absolute atomic E-state index is 0.0718. The van der Waals surface area contributed by atoms with Crippen LogP contribution in [0.4, 0.5) is 0 Å². The van der Waals surface area contributed by atoms with Crippen LogP contribution in [0.1, 0.15) is 71.6 Å². The Bertz CT molecular complexity index is 1220. The lowest BCUT2D eigenvalue weighted by atomic mass is 9.75. The monoisotopic (exact) mass is 471 g/mol. The largest absolute Gasteiger partial charge is 0.540 e. The van der Waals surface area contributed by atoms with Gasteiger partial charge in [-0.2, -0.15) is 0 Å². The number of fused-ring (bicyclic) bond motifs is 1. The van der Waals surface area contributed by atoms with E-state index in [0.29, 0.717) is 5.75 Å². The van der Waals surface area contributed by atoms with Crippen LogP contribution in [0.15, 0.2) is 54.6 Å². The van der Waals surface area contributed by atoms with E-state index < -0.39 is 11.9 Å². The molecule has 1 aliphatic rings. The molecular weight excluding hydrogens is 440 g/mol. The number of aliphatic carboxylic acids is 1. The molecule has 1 N–H and O–H groups in total. The fourth-order valence-electron chi connectivity index (χ4n) is 6.02. The number of rotatable bonds is 5. The van der Waals surface area contributed by atoms with Gasteiger partial charge in [-0.3, -0.25) is 4.79 Å². The highest BCUT2D eigenvalue weighted by Gasteiger charge is 2.47. The maximum atomic E-state index is 12.9. The Morgan fingerprint density at radius 1 is 0.941 bits per heavy atom. The maximum absolute atomic E-state index is 12.9. The Balaban J connectivity index is 1.97. The SMILES string of the molecule is COc1ccc(C2c3ccccc3C(c3cc(C)c(C(C)(C)C)c(C)c3O[Si])C2C(=O)O)cc1. The van der Waals surface area contributed by atoms with Crippen molar-refractivity contribution in [1.29, 1.82) is 0 Å². The van der Waals surface area contributed by atoms with E-state index in [2.05, 4.69) is 63.3 Å². The van der Waals surface area contributed by atoms with Crippen molar-refractivity contribution in [2.75, 3.05) is 7.11 Å². The molecule has 3 unspecified atom stereocenters. The van der Waals surface area contributed by atoms with E-state index in [4.69, 9.17) is 9.16 Å². The number of methoxy groups -OCH3 is 1. The first-order chi connectivity index (χ1) is 16.1. The third-order valence-electron chi connectivity index (χ3n) is 7.08. The lowest BCUT2D eigenvalue weighted by molar-refractivity contribution is -0.142. The fourth-order valence-corrected chi connectivity index (χ4v) is 6.29. The van der Waals surface area contributed by atoms with E-state index in [9.17, 15) is 9.90 Å². The highest BCUT2D eigenvalue weighted by Crippen LogP contribution is 2.55. The lowest BCUT2D eigenvalue weighted by Crippen LogP contribution is -2.25. The van der Waals surface area contributed by atoms with Crippen molar-refractivity contribution in [2.45, 2.75) is 51.9 Å². The smallest absolute Gasteiger partial charge is 0.341 e. The molecule has 1 aliphatic carbocycles. The Kier molecular flexibility index (Phi) is 6.34. The molecule has 0 saturated heterocycles. The van der Waals surface area contributed by atoms with Gasteiger partial charge in [0.05, 0.1) is 13.0 Å². The Morgan fingerprint density at radius 3 is 2.03 bits per heavy atom. The van der Waals surface area contributed by atoms with Crippen LogP contribution < -0.4 is 9.16 Å². The van der Waals surface area contributed by atoms with E-state index in [1.807, 2.05) is 36.4 Å². The first-order valence-electron chi connectivity index (χ1n) is 11.5. The summed E-state index contributed by atoms with van der Waals surface area (Å²) < 4.78 is 11.1. The third kappa shape index (κ3) is 3.92. The first-order valence-corrected chi connectivity index (χ1v) is 11.9. The van der Waals surface area contributed by atoms with Gasteiger partial charge < -0.3 is 14.3 Å². The van der Waals surface area contributed by atoms with Crippen molar-refractivity contribution in [3.05, 3.63) is 93.5 Å². The van der Waals surface area contributed by atoms with E-state index in [-0.39, 0.29) is 17.3 Å². The van der Waals surface area contributed by atoms with Gasteiger partial charge in [0.1, 0.15) is 11.5 Å². The second-order valence-electron chi connectivity index (χ2n) is 10.2. The van der Waals surface area contributed by atoms with Gasteiger partial charge >= 0.3 is 16.5 Å². The van der Waals surface area contributed by atoms with Crippen LogP contribution in [0.2, 0.25) is 0 Å². The molecule has 0 bridgehead atoms. The third-order valence-corrected chi connectivity index (χ3v) is 7.28. The maximum Gasteiger partial charge on any atom is 0.341 e. The normalized spacial score (nSPS) is 19.6. The Morgan fingerprint density at radius 2 is 1.53 bits per heavy atom. The predicted molar refractivity (Wildman–Crippen MR) is 135 cm³/mol. The second-order valence-corrected chi connectivity index (χ2v) is 10.4. The van der Waals surface area contributed by atoms with E-state index >= 15 is 0 Å². The summed E-state index contributed by atoms with van der Waals surface area (Å²) in [5, 5.41) is 10.6. The van der Waals surface area contributed by atoms with Gasteiger partial charge in [-0.1, -0.05) is 63.2 Å². The number of benzene rings is 3. The number of ether oxygens (including phenoxy) is 1. The summed E-state index contributed by atoms with van der Waals surface area (Å²) in [5.74, 6) is -0.678. The molecule has 0 saturated carbocycles. The number of aryl methyl sites for hydroxylation is 1. The fraction of sp³-hybridized carbons (Fsp3) is 0.345. The highest BCUT2D eigenvalue weighted by molar-refractivity contribution is 6.00. The average molecular weight is 472 g/mol. The van der Waals surface area contributed by atoms with Gasteiger partial charge in [-0.25, -0.2) is 0 Å². The summed E-state index contributed by atoms with van der Waals surface area (Å²) in [5.41, 5.74) is 7.25. The molecule has 3 aromatic rings. The molecule has 0 aromatic heterocycles. The minimum atomic E-state index is -0.822. The van der Waals surface area contributed by atoms with Crippen molar-refractivity contribution in [3.8, 4) is 11.5 Å². The van der Waals surface area contributed by atoms with Crippen molar-refractivity contribution in [3.63, 3.8) is 0 Å². The quantitative estimate of drug-likeness (QED) is 0.460. The van der Waals surface area contributed by atoms with Crippen LogP contribution in [0.25, 0.3) is 0 Å². The summed E-state index contributed by atoms with van der Waals surface area (Å²) in [6.45, 7) is 10.7. The van der Waals surface area contributed by atoms with Crippen molar-refractivity contribution >= 4 is 16.5 Å². The van der Waals surface area contributed by atoms with Crippen LogP contribution in [0.5, 0.6) is 11.5 Å². The zero-order valence-electron chi connectivity index (χ0n) is 20.6. The highest BCUT2D eigenvalue weighted by atomic mass is 28.2. The van der Waals surface area contributed by atoms with Crippen LogP contribution in [0.3, 0.4) is 0 Å². The van der Waals surface area contributed by atoms with Gasteiger partial charge in [-0.15, -0.1) is 0 Å². The van der Waals surface area contributed by atoms with E-state index in [1.165, 1.54) is 5.56 Å². The molecule has 5 heteroatoms. The predicted octanol–water partition coefficient (Wildman–Crippen LogP) is 6.05. The van der Waals surface area contributed by atoms with Crippen LogP contribution in [-0.4, -0.2) is 28.7 Å². The summed E-state index contributed by atoms with van der Waals surface area (Å²) >= 11 is 0. The average Bonchev–Trinajstić information content (AvgIpc) is 3.13. The van der Waals surface area contributed by atoms with Gasteiger partial charge in [0, 0.05) is 17.4 Å². The molecule has 3 aromatic carbocycles. The Labute approximate surface area is 205 Å². The summed E-state index contributed by atoms with van der Waals surface area (Å²) in [6.07, 6.45) is 0. The molecule has 3 radical (unpaired) electrons. The molecule has 4 rings (SSSR count). The Hall–Kier alpha value is -3.05. The van der Waals surface area contributed by atoms with Crippen molar-refractivity contribution in [2.24, 2.45) is 5.92 Å². The van der Waals surface area contributed by atoms with Crippen molar-refractivity contribution < 1.29 is 19.1 Å². The topological polar surface area (TPSA) is 55.8 Å². The zero-order chi connectivity index (χ0) is 24.8. The molecule has 0 spiro atoms. The minimum Gasteiger partial charge on any atom is -0.540 e. The lowest BCUT2D eigenvalue weighted by Gasteiger charge is -2.30. The van der Waals surface area contributed by atoms with E-state index in [1.54, 1.807) is 7.11 Å². The van der Waals surface area contributed by atoms with Crippen molar-refractivity contribution in [1.82, 2.24) is 0 Å². The molecule has 4 nitrogen and oxygen atoms in total. The molecule has 175 valence electrons. The standard InChI is InChI=1S/C29H31O4Si/c1-16-15-22(27(33-34)17(2)26(16)29(3,4)5)24-21-10-8-7-9-20(21)23(25(24)28(30)31)18-11-13-19(32-6)14-12-18/h7-15,23-25H,1-6H3,(H,30,31). The van der Waals surface area contributed by atoms with Gasteiger partial charge in [-0.05, 0) is 64.8 Å². The first kappa shape index (κ1) is 24.1. The molecule has 0 amide bonds. The summed E-state index contributed by atoms with van der Waals surface area (Å²) in [6, 6.07) is 17.9. The molecular formula is C29H31O4Si.